The van der Waals surface area contributed by atoms with E-state index in [1.165, 1.54) is 0 Å². The maximum absolute atomic E-state index is 11.0. The number of nitrogens with one attached hydrogen (secondary N) is 1. The van der Waals surface area contributed by atoms with E-state index in [0.29, 0.717) is 0 Å². The molecule has 4 heterocycles. The summed E-state index contributed by atoms with van der Waals surface area (Å²) in [5, 5.41) is 18.2. The van der Waals surface area contributed by atoms with E-state index < -0.39 is 0 Å². The number of para-hydroxylation sites is 2. The largest absolute Gasteiger partial charge is 0.494 e. The Labute approximate surface area is 209 Å². The average molecular weight is 477 g/mol. The molecule has 0 amide bonds. The van der Waals surface area contributed by atoms with Crippen LogP contribution < -0.4 is 0 Å². The third-order valence-corrected chi connectivity index (χ3v) is 6.65. The second kappa shape index (κ2) is 9.02. The summed E-state index contributed by atoms with van der Waals surface area (Å²) in [4.78, 5) is 9.55. The van der Waals surface area contributed by atoms with Crippen molar-refractivity contribution in [1.82, 2.24) is 29.2 Å². The zero-order valence-corrected chi connectivity index (χ0v) is 20.4. The molecule has 4 aromatic heterocycles. The van der Waals surface area contributed by atoms with Gasteiger partial charge in [0.1, 0.15) is 5.69 Å². The zero-order valence-electron chi connectivity index (χ0n) is 20.4. The van der Waals surface area contributed by atoms with Crippen LogP contribution in [0.2, 0.25) is 0 Å². The Morgan fingerprint density at radius 2 is 1.69 bits per heavy atom. The van der Waals surface area contributed by atoms with Crippen molar-refractivity contribution in [3.8, 4) is 34.0 Å². The molecule has 0 fully saturated rings. The molecule has 2 aromatic carbocycles. The fourth-order valence-electron chi connectivity index (χ4n) is 4.99. The van der Waals surface area contributed by atoms with Gasteiger partial charge in [0.25, 0.3) is 0 Å². The maximum atomic E-state index is 11.0. The molecule has 0 spiro atoms. The number of rotatable bonds is 7. The van der Waals surface area contributed by atoms with Crippen molar-refractivity contribution >= 4 is 21.8 Å². The highest BCUT2D eigenvalue weighted by atomic mass is 16.3. The topological polar surface area (TPSA) is 74.9 Å². The number of aromatic nitrogens is 5. The van der Waals surface area contributed by atoms with Crippen LogP contribution in [0.25, 0.3) is 49.9 Å². The minimum absolute atomic E-state index is 0.130. The highest BCUT2D eigenvalue weighted by molar-refractivity contribution is 6.05. The lowest BCUT2D eigenvalue weighted by Crippen LogP contribution is -2.15. The summed E-state index contributed by atoms with van der Waals surface area (Å²) in [7, 11) is 4.17. The van der Waals surface area contributed by atoms with Crippen LogP contribution in [-0.2, 0) is 6.54 Å². The van der Waals surface area contributed by atoms with Gasteiger partial charge in [-0.05, 0) is 51.3 Å². The smallest absolute Gasteiger partial charge is 0.197 e. The van der Waals surface area contributed by atoms with Crippen LogP contribution in [-0.4, -0.2) is 55.0 Å². The van der Waals surface area contributed by atoms with Crippen molar-refractivity contribution in [2.24, 2.45) is 0 Å². The number of aryl methyl sites for hydroxylation is 1. The number of pyridine rings is 1. The molecule has 0 aliphatic carbocycles. The van der Waals surface area contributed by atoms with Gasteiger partial charge in [0, 0.05) is 47.0 Å². The standard InChI is InChI=1S/C29H28N6O/c1-33(2)15-8-16-35-26-13-6-4-11-22(26)28(32-35)23-18-31-29(36)27(23)24-19-34(20-9-7-14-30-17-20)25-12-5-3-10-21(24)25/h3-7,9-14,17-19,31,36H,8,15-16H2,1-2H3. The summed E-state index contributed by atoms with van der Waals surface area (Å²) in [5.41, 5.74) is 6.53. The summed E-state index contributed by atoms with van der Waals surface area (Å²) >= 11 is 0. The number of hydrogen-bond donors (Lipinski definition) is 2. The van der Waals surface area contributed by atoms with Gasteiger partial charge in [-0.1, -0.05) is 36.4 Å². The van der Waals surface area contributed by atoms with E-state index >= 15 is 0 Å². The lowest BCUT2D eigenvalue weighted by molar-refractivity contribution is 0.383. The summed E-state index contributed by atoms with van der Waals surface area (Å²) in [6.07, 6.45) is 8.55. The number of benzene rings is 2. The van der Waals surface area contributed by atoms with E-state index in [4.69, 9.17) is 5.10 Å². The van der Waals surface area contributed by atoms with E-state index in [1.807, 2.05) is 48.8 Å². The molecule has 0 radical (unpaired) electrons. The van der Waals surface area contributed by atoms with Gasteiger partial charge in [-0.25, -0.2) is 0 Å². The van der Waals surface area contributed by atoms with Crippen molar-refractivity contribution in [2.45, 2.75) is 13.0 Å². The summed E-state index contributed by atoms with van der Waals surface area (Å²) < 4.78 is 4.20. The van der Waals surface area contributed by atoms with Gasteiger partial charge in [-0.15, -0.1) is 0 Å². The van der Waals surface area contributed by atoms with Crippen LogP contribution in [0, 0.1) is 0 Å². The van der Waals surface area contributed by atoms with E-state index in [9.17, 15) is 5.11 Å². The van der Waals surface area contributed by atoms with E-state index in [2.05, 4.69) is 68.7 Å². The number of fused-ring (bicyclic) bond motifs is 2. The van der Waals surface area contributed by atoms with Gasteiger partial charge in [-0.2, -0.15) is 5.10 Å². The van der Waals surface area contributed by atoms with Crippen LogP contribution in [0.15, 0.2) is 85.5 Å². The Balaban J connectivity index is 1.53. The highest BCUT2D eigenvalue weighted by Gasteiger charge is 2.23. The molecule has 0 aliphatic rings. The average Bonchev–Trinajstić information content (AvgIpc) is 3.57. The van der Waals surface area contributed by atoms with Gasteiger partial charge in [-0.3, -0.25) is 9.67 Å². The third-order valence-electron chi connectivity index (χ3n) is 6.65. The second-order valence-corrected chi connectivity index (χ2v) is 9.31. The van der Waals surface area contributed by atoms with Crippen LogP contribution in [0.5, 0.6) is 5.88 Å². The Morgan fingerprint density at radius 1 is 0.917 bits per heavy atom. The number of hydrogen-bond acceptors (Lipinski definition) is 4. The van der Waals surface area contributed by atoms with Crippen LogP contribution in [0.1, 0.15) is 6.42 Å². The normalized spacial score (nSPS) is 11.8. The minimum atomic E-state index is 0.130. The predicted octanol–water partition coefficient (Wildman–Crippen LogP) is 5.69. The first-order valence-corrected chi connectivity index (χ1v) is 12.1. The summed E-state index contributed by atoms with van der Waals surface area (Å²) in [5.74, 6) is 0.130. The first kappa shape index (κ1) is 22.1. The first-order valence-electron chi connectivity index (χ1n) is 12.1. The van der Waals surface area contributed by atoms with Crippen molar-refractivity contribution in [3.05, 3.63) is 85.5 Å². The van der Waals surface area contributed by atoms with Gasteiger partial charge in [0.05, 0.1) is 28.5 Å². The van der Waals surface area contributed by atoms with E-state index in [-0.39, 0.29) is 5.88 Å². The Hall–Kier alpha value is -4.36. The molecule has 0 bridgehead atoms. The summed E-state index contributed by atoms with van der Waals surface area (Å²) in [6, 6.07) is 20.5. The van der Waals surface area contributed by atoms with Crippen molar-refractivity contribution in [1.29, 1.82) is 0 Å². The fraction of sp³-hybridized carbons (Fsp3) is 0.172. The van der Waals surface area contributed by atoms with Crippen LogP contribution in [0.3, 0.4) is 0 Å². The quantitative estimate of drug-likeness (QED) is 0.310. The molecule has 6 aromatic rings. The second-order valence-electron chi connectivity index (χ2n) is 9.31. The molecule has 180 valence electrons. The summed E-state index contributed by atoms with van der Waals surface area (Å²) in [6.45, 7) is 1.82. The molecule has 2 N–H and O–H groups in total. The molecule has 0 unspecified atom stereocenters. The SMILES string of the molecule is CN(C)CCCn1nc(-c2c[nH]c(O)c2-c2cn(-c3cccnc3)c3ccccc23)c2ccccc21. The molecule has 0 aliphatic heterocycles. The number of aromatic amines is 1. The van der Waals surface area contributed by atoms with Crippen LogP contribution in [0.4, 0.5) is 0 Å². The van der Waals surface area contributed by atoms with Crippen molar-refractivity contribution < 1.29 is 5.11 Å². The zero-order chi connectivity index (χ0) is 24.6. The number of nitrogens with zero attached hydrogens (tertiary/aromatic N) is 5. The lowest BCUT2D eigenvalue weighted by Gasteiger charge is -2.09. The first-order chi connectivity index (χ1) is 17.6. The predicted molar refractivity (Wildman–Crippen MR) is 144 cm³/mol. The van der Waals surface area contributed by atoms with Crippen molar-refractivity contribution in [2.75, 3.05) is 20.6 Å². The maximum Gasteiger partial charge on any atom is 0.197 e. The highest BCUT2D eigenvalue weighted by Crippen LogP contribution is 2.44. The molecular formula is C29H28N6O. The van der Waals surface area contributed by atoms with Gasteiger partial charge < -0.3 is 19.6 Å². The third kappa shape index (κ3) is 3.74. The van der Waals surface area contributed by atoms with Crippen LogP contribution >= 0.6 is 0 Å². The van der Waals surface area contributed by atoms with E-state index in [0.717, 1.165) is 69.4 Å². The number of H-pyrrole nitrogens is 1. The van der Waals surface area contributed by atoms with E-state index in [1.54, 1.807) is 6.20 Å². The Bertz CT molecular complexity index is 1660. The molecule has 0 saturated carbocycles. The Morgan fingerprint density at radius 3 is 2.47 bits per heavy atom. The van der Waals surface area contributed by atoms with Gasteiger partial charge in [0.15, 0.2) is 5.88 Å². The monoisotopic (exact) mass is 476 g/mol. The molecular weight excluding hydrogens is 448 g/mol. The molecule has 0 atom stereocenters. The molecule has 36 heavy (non-hydrogen) atoms. The molecule has 7 nitrogen and oxygen atoms in total. The fourth-order valence-corrected chi connectivity index (χ4v) is 4.99. The van der Waals surface area contributed by atoms with Gasteiger partial charge in [0.2, 0.25) is 0 Å². The molecule has 7 heteroatoms. The van der Waals surface area contributed by atoms with Crippen molar-refractivity contribution in [3.63, 3.8) is 0 Å². The Kier molecular flexibility index (Phi) is 5.54. The lowest BCUT2D eigenvalue weighted by atomic mass is 10.00. The molecule has 0 saturated heterocycles. The molecule has 6 rings (SSSR count). The van der Waals surface area contributed by atoms with Gasteiger partial charge >= 0.3 is 0 Å². The number of aromatic hydroxyl groups is 1. The minimum Gasteiger partial charge on any atom is -0.494 e.